The molecule has 0 saturated heterocycles. The van der Waals surface area contributed by atoms with E-state index < -0.39 is 41.8 Å². The number of carbonyl (C=O) groups is 1. The van der Waals surface area contributed by atoms with Crippen LogP contribution in [0.25, 0.3) is 0 Å². The van der Waals surface area contributed by atoms with E-state index in [1.54, 1.807) is 0 Å². The van der Waals surface area contributed by atoms with Gasteiger partial charge in [0.2, 0.25) is 5.88 Å². The lowest BCUT2D eigenvalue weighted by atomic mass is 10.1. The van der Waals surface area contributed by atoms with Crippen molar-refractivity contribution >= 4 is 5.97 Å². The quantitative estimate of drug-likeness (QED) is 0.617. The van der Waals surface area contributed by atoms with Gasteiger partial charge in [-0.1, -0.05) is 0 Å². The number of ether oxygens (including phenoxy) is 3. The molecular formula is C11H11F4NO4. The van der Waals surface area contributed by atoms with Crippen molar-refractivity contribution < 1.29 is 36.6 Å². The van der Waals surface area contributed by atoms with Crippen molar-refractivity contribution in [1.29, 1.82) is 0 Å². The first-order valence-corrected chi connectivity index (χ1v) is 5.38. The summed E-state index contributed by atoms with van der Waals surface area (Å²) in [6, 6.07) is 0. The number of pyridine rings is 1. The van der Waals surface area contributed by atoms with Gasteiger partial charge >= 0.3 is 12.3 Å². The van der Waals surface area contributed by atoms with Crippen LogP contribution in [0.4, 0.5) is 17.6 Å². The minimum Gasteiger partial charge on any atom is -0.480 e. The summed E-state index contributed by atoms with van der Waals surface area (Å²) in [7, 11) is 1.09. The molecule has 0 saturated carbocycles. The molecule has 1 aromatic heterocycles. The van der Waals surface area contributed by atoms with E-state index >= 15 is 0 Å². The Bertz CT molecular complexity index is 490. The molecule has 0 aromatic carbocycles. The van der Waals surface area contributed by atoms with Gasteiger partial charge in [0.05, 0.1) is 13.7 Å². The standard InChI is InChI=1S/C11H11F4NO4/c1-3-19-10(17)7-8(20-11(13,14)15)6(4-12)5-16-9(7)18-2/h5H,3-4H2,1-2H3. The highest BCUT2D eigenvalue weighted by atomic mass is 19.4. The first-order valence-electron chi connectivity index (χ1n) is 5.38. The SMILES string of the molecule is CCOC(=O)c1c(OC)ncc(CF)c1OC(F)(F)F. The Morgan fingerprint density at radius 3 is 2.50 bits per heavy atom. The summed E-state index contributed by atoms with van der Waals surface area (Å²) in [6.07, 6.45) is -4.31. The van der Waals surface area contributed by atoms with Crippen LogP contribution in [-0.4, -0.2) is 31.0 Å². The average molecular weight is 297 g/mol. The minimum absolute atomic E-state index is 0.0900. The van der Waals surface area contributed by atoms with Crippen molar-refractivity contribution in [2.24, 2.45) is 0 Å². The van der Waals surface area contributed by atoms with Crippen LogP contribution in [0.5, 0.6) is 11.6 Å². The molecule has 0 bridgehead atoms. The lowest BCUT2D eigenvalue weighted by Crippen LogP contribution is -2.21. The molecule has 0 aliphatic carbocycles. The second kappa shape index (κ2) is 6.40. The van der Waals surface area contributed by atoms with Crippen molar-refractivity contribution in [3.8, 4) is 11.6 Å². The van der Waals surface area contributed by atoms with Crippen LogP contribution >= 0.6 is 0 Å². The van der Waals surface area contributed by atoms with Gasteiger partial charge in [-0.15, -0.1) is 13.2 Å². The molecule has 20 heavy (non-hydrogen) atoms. The zero-order valence-electron chi connectivity index (χ0n) is 10.6. The van der Waals surface area contributed by atoms with Gasteiger partial charge in [0.15, 0.2) is 11.3 Å². The summed E-state index contributed by atoms with van der Waals surface area (Å²) >= 11 is 0. The van der Waals surface area contributed by atoms with Crippen LogP contribution in [-0.2, 0) is 11.4 Å². The molecule has 112 valence electrons. The number of nitrogens with zero attached hydrogens (tertiary/aromatic N) is 1. The number of carbonyl (C=O) groups excluding carboxylic acids is 1. The van der Waals surface area contributed by atoms with Gasteiger partial charge in [0.25, 0.3) is 0 Å². The third-order valence-electron chi connectivity index (χ3n) is 2.10. The molecule has 0 N–H and O–H groups in total. The first-order chi connectivity index (χ1) is 9.34. The Kier molecular flexibility index (Phi) is 5.12. The third kappa shape index (κ3) is 3.72. The highest BCUT2D eigenvalue weighted by Crippen LogP contribution is 2.35. The number of aromatic nitrogens is 1. The Labute approximate surface area is 111 Å². The molecule has 0 unspecified atom stereocenters. The van der Waals surface area contributed by atoms with E-state index in [1.165, 1.54) is 6.92 Å². The zero-order valence-corrected chi connectivity index (χ0v) is 10.6. The van der Waals surface area contributed by atoms with E-state index in [0.29, 0.717) is 0 Å². The number of esters is 1. The topological polar surface area (TPSA) is 57.7 Å². The van der Waals surface area contributed by atoms with E-state index in [-0.39, 0.29) is 6.61 Å². The van der Waals surface area contributed by atoms with Crippen molar-refractivity contribution in [2.75, 3.05) is 13.7 Å². The summed E-state index contributed by atoms with van der Waals surface area (Å²) in [5, 5.41) is 0. The molecule has 9 heteroatoms. The molecule has 0 fully saturated rings. The van der Waals surface area contributed by atoms with Gasteiger partial charge in [-0.2, -0.15) is 0 Å². The van der Waals surface area contributed by atoms with Crippen molar-refractivity contribution in [3.63, 3.8) is 0 Å². The van der Waals surface area contributed by atoms with E-state index in [0.717, 1.165) is 13.3 Å². The fourth-order valence-corrected chi connectivity index (χ4v) is 1.38. The highest BCUT2D eigenvalue weighted by molar-refractivity contribution is 5.95. The van der Waals surface area contributed by atoms with E-state index in [9.17, 15) is 22.4 Å². The fourth-order valence-electron chi connectivity index (χ4n) is 1.38. The van der Waals surface area contributed by atoms with Gasteiger partial charge in [0.1, 0.15) is 6.67 Å². The smallest absolute Gasteiger partial charge is 0.480 e. The molecule has 0 aliphatic rings. The summed E-state index contributed by atoms with van der Waals surface area (Å²) < 4.78 is 62.8. The number of alkyl halides is 4. The first kappa shape index (κ1) is 16.0. The number of methoxy groups -OCH3 is 1. The molecule has 5 nitrogen and oxygen atoms in total. The van der Waals surface area contributed by atoms with Crippen molar-refractivity contribution in [1.82, 2.24) is 4.98 Å². The van der Waals surface area contributed by atoms with Crippen LogP contribution in [0.3, 0.4) is 0 Å². The maximum atomic E-state index is 12.7. The van der Waals surface area contributed by atoms with E-state index in [1.807, 2.05) is 0 Å². The molecule has 1 aromatic rings. The molecule has 1 heterocycles. The average Bonchev–Trinajstić information content (AvgIpc) is 2.36. The maximum absolute atomic E-state index is 12.7. The molecule has 0 aliphatic heterocycles. The van der Waals surface area contributed by atoms with Crippen molar-refractivity contribution in [3.05, 3.63) is 17.3 Å². The second-order valence-corrected chi connectivity index (χ2v) is 3.40. The van der Waals surface area contributed by atoms with Gasteiger partial charge < -0.3 is 14.2 Å². The minimum atomic E-state index is -5.10. The summed E-state index contributed by atoms with van der Waals surface area (Å²) in [4.78, 5) is 15.2. The van der Waals surface area contributed by atoms with Crippen LogP contribution in [0, 0.1) is 0 Å². The molecule has 0 amide bonds. The predicted molar refractivity (Wildman–Crippen MR) is 58.2 cm³/mol. The summed E-state index contributed by atoms with van der Waals surface area (Å²) in [5.74, 6) is -2.60. The van der Waals surface area contributed by atoms with Crippen LogP contribution in [0.1, 0.15) is 22.8 Å². The highest BCUT2D eigenvalue weighted by Gasteiger charge is 2.36. The van der Waals surface area contributed by atoms with E-state index in [4.69, 9.17) is 0 Å². The zero-order chi connectivity index (χ0) is 15.3. The Morgan fingerprint density at radius 1 is 1.40 bits per heavy atom. The number of halogens is 4. The molecular weight excluding hydrogens is 286 g/mol. The number of hydrogen-bond donors (Lipinski definition) is 0. The van der Waals surface area contributed by atoms with Crippen LogP contribution in [0.15, 0.2) is 6.20 Å². The van der Waals surface area contributed by atoms with Gasteiger partial charge in [-0.3, -0.25) is 0 Å². The lowest BCUT2D eigenvalue weighted by molar-refractivity contribution is -0.275. The Morgan fingerprint density at radius 2 is 2.05 bits per heavy atom. The van der Waals surface area contributed by atoms with Crippen LogP contribution in [0.2, 0.25) is 0 Å². The molecule has 0 radical (unpaired) electrons. The van der Waals surface area contributed by atoms with Gasteiger partial charge in [0, 0.05) is 11.8 Å². The lowest BCUT2D eigenvalue weighted by Gasteiger charge is -2.16. The molecule has 1 rings (SSSR count). The van der Waals surface area contributed by atoms with Gasteiger partial charge in [-0.05, 0) is 6.92 Å². The van der Waals surface area contributed by atoms with Crippen LogP contribution < -0.4 is 9.47 Å². The third-order valence-corrected chi connectivity index (χ3v) is 2.10. The normalized spacial score (nSPS) is 11.1. The fraction of sp³-hybridized carbons (Fsp3) is 0.455. The summed E-state index contributed by atoms with van der Waals surface area (Å²) in [6.45, 7) is 0.0726. The van der Waals surface area contributed by atoms with Crippen molar-refractivity contribution in [2.45, 2.75) is 20.0 Å². The summed E-state index contributed by atoms with van der Waals surface area (Å²) in [5.41, 5.74) is -1.24. The maximum Gasteiger partial charge on any atom is 0.573 e. The predicted octanol–water partition coefficient (Wildman–Crippen LogP) is 2.64. The molecule has 0 spiro atoms. The number of hydrogen-bond acceptors (Lipinski definition) is 5. The Balaban J connectivity index is 3.43. The second-order valence-electron chi connectivity index (χ2n) is 3.40. The molecule has 0 atom stereocenters. The number of rotatable bonds is 5. The van der Waals surface area contributed by atoms with Gasteiger partial charge in [-0.25, -0.2) is 14.2 Å². The largest absolute Gasteiger partial charge is 0.573 e. The Hall–Kier alpha value is -2.06. The monoisotopic (exact) mass is 297 g/mol. The van der Waals surface area contributed by atoms with E-state index in [2.05, 4.69) is 19.2 Å².